The molecule has 2 aliphatic heterocycles. The van der Waals surface area contributed by atoms with Gasteiger partial charge in [-0.1, -0.05) is 251 Å². The first-order valence-corrected chi connectivity index (χ1v) is 30.4. The molecule has 0 N–H and O–H groups in total. The van der Waals surface area contributed by atoms with Gasteiger partial charge >= 0.3 is 0 Å². The molecule has 0 radical (unpaired) electrons. The van der Waals surface area contributed by atoms with E-state index in [1.807, 2.05) is 0 Å². The number of aromatic nitrogens is 2. The van der Waals surface area contributed by atoms with Gasteiger partial charge in [-0.15, -0.1) is 0 Å². The molecule has 0 saturated carbocycles. The van der Waals surface area contributed by atoms with Crippen molar-refractivity contribution in [3.8, 4) is 55.9 Å². The van der Waals surface area contributed by atoms with Gasteiger partial charge in [0.05, 0.1) is 33.4 Å². The van der Waals surface area contributed by atoms with Crippen molar-refractivity contribution in [2.45, 2.75) is 26.2 Å². The molecule has 15 aromatic rings. The summed E-state index contributed by atoms with van der Waals surface area (Å²) in [5, 5.41) is 4.94. The molecule has 17 rings (SSSR count). The molecule has 0 bridgehead atoms. The van der Waals surface area contributed by atoms with E-state index in [-0.39, 0.29) is 12.1 Å². The molecule has 2 aromatic heterocycles. The Morgan fingerprint density at radius 2 is 0.598 bits per heavy atom. The molecule has 13 aromatic carbocycles. The van der Waals surface area contributed by atoms with E-state index in [2.05, 4.69) is 343 Å². The van der Waals surface area contributed by atoms with Gasteiger partial charge in [0.15, 0.2) is 0 Å². The number of hydrogen-bond donors (Lipinski definition) is 0. The fourth-order valence-electron chi connectivity index (χ4n) is 14.5. The minimum atomic E-state index is -0.175. The fraction of sp³-hybridized carbons (Fsp3) is 0.0488. The molecule has 0 amide bonds. The van der Waals surface area contributed by atoms with E-state index in [9.17, 15) is 0 Å². The lowest BCUT2D eigenvalue weighted by Crippen LogP contribution is -2.61. The number of anilines is 6. The molecule has 4 nitrogen and oxygen atoms in total. The average Bonchev–Trinajstić information content (AvgIpc) is 1.19. The van der Waals surface area contributed by atoms with E-state index in [1.54, 1.807) is 0 Å². The smallest absolute Gasteiger partial charge is 0.252 e. The van der Waals surface area contributed by atoms with Crippen molar-refractivity contribution in [1.29, 1.82) is 0 Å². The van der Waals surface area contributed by atoms with E-state index in [4.69, 9.17) is 0 Å². The number of benzene rings is 13. The largest absolute Gasteiger partial charge is 0.310 e. The van der Waals surface area contributed by atoms with Crippen molar-refractivity contribution in [3.63, 3.8) is 0 Å². The van der Waals surface area contributed by atoms with Gasteiger partial charge < -0.3 is 18.9 Å². The van der Waals surface area contributed by atoms with Crippen molar-refractivity contribution in [2.24, 2.45) is 0 Å². The maximum absolute atomic E-state index is 2.66. The van der Waals surface area contributed by atoms with Crippen LogP contribution in [0, 0.1) is 0 Å². The summed E-state index contributed by atoms with van der Waals surface area (Å²) in [6, 6.07) is 113. The van der Waals surface area contributed by atoms with Crippen LogP contribution in [0.25, 0.3) is 99.5 Å². The Bertz CT molecular complexity index is 4990. The minimum absolute atomic E-state index is 0.156. The third-order valence-corrected chi connectivity index (χ3v) is 18.4. The Balaban J connectivity index is 1.03. The highest BCUT2D eigenvalue weighted by atomic mass is 15.2. The molecule has 5 heteroatoms. The van der Waals surface area contributed by atoms with Crippen molar-refractivity contribution in [1.82, 2.24) is 9.13 Å². The summed E-state index contributed by atoms with van der Waals surface area (Å²) in [7, 11) is 0. The van der Waals surface area contributed by atoms with E-state index >= 15 is 0 Å². The van der Waals surface area contributed by atoms with Gasteiger partial charge in [-0.25, -0.2) is 0 Å². The third kappa shape index (κ3) is 7.93. The van der Waals surface area contributed by atoms with Gasteiger partial charge in [-0.05, 0) is 122 Å². The topological polar surface area (TPSA) is 16.3 Å². The van der Waals surface area contributed by atoms with Gasteiger partial charge in [0.2, 0.25) is 0 Å². The molecule has 0 saturated heterocycles. The van der Waals surface area contributed by atoms with Crippen molar-refractivity contribution in [3.05, 3.63) is 309 Å². The second-order valence-corrected chi connectivity index (χ2v) is 24.4. The Kier molecular flexibility index (Phi) is 11.6. The van der Waals surface area contributed by atoms with Crippen molar-refractivity contribution >= 4 is 101 Å². The summed E-state index contributed by atoms with van der Waals surface area (Å²) in [6.45, 7) is 6.85. The van der Waals surface area contributed by atoms with Crippen LogP contribution < -0.4 is 26.2 Å². The van der Waals surface area contributed by atoms with Gasteiger partial charge in [-0.3, -0.25) is 0 Å². The zero-order valence-electron chi connectivity index (χ0n) is 48.7. The molecular formula is C82H59BN4. The predicted molar refractivity (Wildman–Crippen MR) is 370 cm³/mol. The number of fused-ring (bicyclic) bond motifs is 10. The summed E-state index contributed by atoms with van der Waals surface area (Å²) in [4.78, 5) is 5.30. The van der Waals surface area contributed by atoms with Crippen LogP contribution >= 0.6 is 0 Å². The van der Waals surface area contributed by atoms with Crippen LogP contribution in [0.15, 0.2) is 303 Å². The molecule has 0 unspecified atom stereocenters. The molecule has 0 atom stereocenters. The van der Waals surface area contributed by atoms with E-state index in [1.165, 1.54) is 76.7 Å². The first-order valence-electron chi connectivity index (χ1n) is 30.4. The number of rotatable bonds is 8. The lowest BCUT2D eigenvalue weighted by Gasteiger charge is -2.46. The molecule has 0 fully saturated rings. The van der Waals surface area contributed by atoms with E-state index in [0.29, 0.717) is 0 Å². The molecular weight excluding hydrogens is 1050 g/mol. The van der Waals surface area contributed by atoms with Gasteiger partial charge in [-0.2, -0.15) is 0 Å². The van der Waals surface area contributed by atoms with Gasteiger partial charge in [0, 0.05) is 77.9 Å². The van der Waals surface area contributed by atoms with Crippen LogP contribution in [0.5, 0.6) is 0 Å². The summed E-state index contributed by atoms with van der Waals surface area (Å²) >= 11 is 0. The quantitative estimate of drug-likeness (QED) is 0.141. The van der Waals surface area contributed by atoms with Crippen LogP contribution in [0.3, 0.4) is 0 Å². The first kappa shape index (κ1) is 50.6. The zero-order valence-corrected chi connectivity index (χ0v) is 48.7. The Hall–Kier alpha value is -10.9. The summed E-state index contributed by atoms with van der Waals surface area (Å²) in [5.74, 6) is 0. The highest BCUT2D eigenvalue weighted by Gasteiger charge is 2.45. The van der Waals surface area contributed by atoms with Crippen LogP contribution in [0.2, 0.25) is 0 Å². The lowest BCUT2D eigenvalue weighted by molar-refractivity contribution is 0.591. The number of nitrogens with zero attached hydrogens (tertiary/aromatic N) is 4. The first-order chi connectivity index (χ1) is 42.9. The van der Waals surface area contributed by atoms with Gasteiger partial charge in [0.1, 0.15) is 0 Å². The maximum Gasteiger partial charge on any atom is 0.252 e. The molecule has 0 aliphatic carbocycles. The monoisotopic (exact) mass is 1110 g/mol. The molecule has 0 spiro atoms. The predicted octanol–water partition coefficient (Wildman–Crippen LogP) is 19.9. The summed E-state index contributed by atoms with van der Waals surface area (Å²) in [5.41, 5.74) is 27.9. The van der Waals surface area contributed by atoms with Crippen molar-refractivity contribution in [2.75, 3.05) is 9.80 Å². The van der Waals surface area contributed by atoms with E-state index in [0.717, 1.165) is 78.9 Å². The second-order valence-electron chi connectivity index (χ2n) is 24.4. The van der Waals surface area contributed by atoms with Crippen LogP contribution in [0.1, 0.15) is 26.3 Å². The molecule has 2 aliphatic rings. The lowest BCUT2D eigenvalue weighted by atomic mass is 9.33. The van der Waals surface area contributed by atoms with Crippen molar-refractivity contribution < 1.29 is 0 Å². The Morgan fingerprint density at radius 1 is 0.276 bits per heavy atom. The fourth-order valence-corrected chi connectivity index (χ4v) is 14.5. The van der Waals surface area contributed by atoms with Crippen LogP contribution in [-0.4, -0.2) is 15.8 Å². The standard InChI is InChI=1S/C82H59BN4/c1-82(2,3)58-50-67(56-30-12-6-13-31-56)81(68(51-58)57-32-14-7-15-33-57)87-76-45-25-44-75-79(76)83(70-49-47-60(53-78(70)87)85-73-42-22-18-36-65(73)66-37-19-23-43-74(66)85)69-48-46-59(84-71-40-20-16-34-63(71)64-35-17-21-41-72(64)84)52-77(69)86(75)80-61(54-26-8-4-9-27-54)38-24-39-62(80)55-28-10-5-11-29-55/h4-53H,1-3H3. The van der Waals surface area contributed by atoms with Crippen LogP contribution in [-0.2, 0) is 5.41 Å². The SMILES string of the molecule is CC(C)(C)c1cc(-c2ccccc2)c(N2c3cc(-n4c5ccccc5c5ccccc54)ccc3B3c4ccc(-n5c6ccccc6c6ccccc65)cc4N(c4c(-c5ccccc5)cccc4-c4ccccc4)c4cccc2c43)c(-c2ccccc2)c1. The zero-order chi connectivity index (χ0) is 57.9. The average molecular weight is 1110 g/mol. The van der Waals surface area contributed by atoms with E-state index < -0.39 is 0 Å². The Labute approximate surface area is 507 Å². The normalized spacial score (nSPS) is 12.7. The highest BCUT2D eigenvalue weighted by Crippen LogP contribution is 2.54. The molecule has 4 heterocycles. The highest BCUT2D eigenvalue weighted by molar-refractivity contribution is 7.00. The summed E-state index contributed by atoms with van der Waals surface area (Å²) < 4.78 is 4.95. The third-order valence-electron chi connectivity index (χ3n) is 18.4. The minimum Gasteiger partial charge on any atom is -0.310 e. The summed E-state index contributed by atoms with van der Waals surface area (Å²) in [6.07, 6.45) is 0. The molecule has 87 heavy (non-hydrogen) atoms. The van der Waals surface area contributed by atoms with Crippen LogP contribution in [0.4, 0.5) is 34.1 Å². The number of para-hydroxylation sites is 5. The second kappa shape index (κ2) is 19.9. The Morgan fingerprint density at radius 3 is 0.966 bits per heavy atom. The van der Waals surface area contributed by atoms with Gasteiger partial charge in [0.25, 0.3) is 6.71 Å². The maximum atomic E-state index is 2.66. The molecule has 410 valence electrons. The number of hydrogen-bond acceptors (Lipinski definition) is 2.